The Morgan fingerprint density at radius 2 is 2.12 bits per heavy atom. The highest BCUT2D eigenvalue weighted by molar-refractivity contribution is 5.71. The van der Waals surface area contributed by atoms with Gasteiger partial charge in [-0.15, -0.1) is 0 Å². The van der Waals surface area contributed by atoms with Crippen molar-refractivity contribution < 1.29 is 9.53 Å². The smallest absolute Gasteiger partial charge is 0.320 e. The van der Waals surface area contributed by atoms with Crippen molar-refractivity contribution in [2.45, 2.75) is 13.0 Å². The zero-order chi connectivity index (χ0) is 12.5. The highest BCUT2D eigenvalue weighted by atomic mass is 16.5. The number of rotatable bonds is 6. The second-order valence-corrected chi connectivity index (χ2v) is 3.78. The van der Waals surface area contributed by atoms with E-state index in [2.05, 4.69) is 17.0 Å². The molecule has 0 radical (unpaired) electrons. The predicted molar refractivity (Wildman–Crippen MR) is 64.0 cm³/mol. The van der Waals surface area contributed by atoms with Crippen LogP contribution in [0.5, 0.6) is 0 Å². The number of ether oxygens (including phenoxy) is 1. The fourth-order valence-electron chi connectivity index (χ4n) is 1.41. The summed E-state index contributed by atoms with van der Waals surface area (Å²) in [6.45, 7) is 1.80. The molecule has 4 nitrogen and oxygen atoms in total. The third-order valence-electron chi connectivity index (χ3n) is 2.25. The first-order chi connectivity index (χ1) is 8.22. The maximum absolute atomic E-state index is 10.9. The highest BCUT2D eigenvalue weighted by Gasteiger charge is 2.03. The fourth-order valence-corrected chi connectivity index (χ4v) is 1.41. The van der Waals surface area contributed by atoms with Crippen LogP contribution in [0.15, 0.2) is 30.3 Å². The normalized spacial score (nSPS) is 9.94. The summed E-state index contributed by atoms with van der Waals surface area (Å²) < 4.78 is 4.89. The molecule has 1 aromatic carbocycles. The van der Waals surface area contributed by atoms with E-state index in [0.29, 0.717) is 13.2 Å². The van der Waals surface area contributed by atoms with Crippen LogP contribution in [-0.4, -0.2) is 31.1 Å². The van der Waals surface area contributed by atoms with Gasteiger partial charge in [-0.1, -0.05) is 30.3 Å². The molecule has 0 amide bonds. The van der Waals surface area contributed by atoms with Gasteiger partial charge < -0.3 is 4.74 Å². The van der Waals surface area contributed by atoms with Crippen LogP contribution in [0.25, 0.3) is 0 Å². The van der Waals surface area contributed by atoms with Gasteiger partial charge >= 0.3 is 5.97 Å². The Balaban J connectivity index is 2.20. The quantitative estimate of drug-likeness (QED) is 0.699. The lowest BCUT2D eigenvalue weighted by molar-refractivity contribution is -0.142. The molecule has 0 spiro atoms. The second-order valence-electron chi connectivity index (χ2n) is 3.78. The van der Waals surface area contributed by atoms with Gasteiger partial charge in [0.05, 0.1) is 6.07 Å². The number of carbonyl (C=O) groups excluding carboxylic acids is 1. The Morgan fingerprint density at radius 1 is 1.41 bits per heavy atom. The van der Waals surface area contributed by atoms with Crippen molar-refractivity contribution in [3.8, 4) is 6.07 Å². The Hall–Kier alpha value is -1.86. The van der Waals surface area contributed by atoms with E-state index < -0.39 is 5.97 Å². The van der Waals surface area contributed by atoms with Gasteiger partial charge in [0.15, 0.2) is 0 Å². The minimum absolute atomic E-state index is 0.178. The SMILES string of the molecule is CN(CCOC(=O)CC#N)Cc1ccccc1. The molecule has 17 heavy (non-hydrogen) atoms. The molecule has 90 valence electrons. The van der Waals surface area contributed by atoms with Gasteiger partial charge in [0.2, 0.25) is 0 Å². The Bertz CT molecular complexity index is 384. The Morgan fingerprint density at radius 3 is 2.76 bits per heavy atom. The van der Waals surface area contributed by atoms with Crippen LogP contribution in [0.3, 0.4) is 0 Å². The lowest BCUT2D eigenvalue weighted by Gasteiger charge is -2.16. The third-order valence-corrected chi connectivity index (χ3v) is 2.25. The summed E-state index contributed by atoms with van der Waals surface area (Å²) in [5, 5.41) is 8.28. The van der Waals surface area contributed by atoms with Gasteiger partial charge in [-0.05, 0) is 12.6 Å². The number of benzene rings is 1. The molecule has 0 bridgehead atoms. The monoisotopic (exact) mass is 232 g/mol. The lowest BCUT2D eigenvalue weighted by atomic mass is 10.2. The first-order valence-corrected chi connectivity index (χ1v) is 5.47. The minimum atomic E-state index is -0.458. The number of nitrogens with zero attached hydrogens (tertiary/aromatic N) is 2. The summed E-state index contributed by atoms with van der Waals surface area (Å²) in [4.78, 5) is 13.0. The predicted octanol–water partition coefficient (Wildman–Crippen LogP) is 1.58. The summed E-state index contributed by atoms with van der Waals surface area (Å²) in [7, 11) is 1.96. The van der Waals surface area contributed by atoms with Crippen LogP contribution >= 0.6 is 0 Å². The number of carbonyl (C=O) groups is 1. The van der Waals surface area contributed by atoms with Gasteiger partial charge in [0, 0.05) is 13.1 Å². The van der Waals surface area contributed by atoms with Crippen molar-refractivity contribution in [3.05, 3.63) is 35.9 Å². The van der Waals surface area contributed by atoms with Crippen molar-refractivity contribution in [2.75, 3.05) is 20.2 Å². The summed E-state index contributed by atoms with van der Waals surface area (Å²) in [6, 6.07) is 11.8. The molecule has 0 unspecified atom stereocenters. The van der Waals surface area contributed by atoms with E-state index in [1.807, 2.05) is 25.2 Å². The topological polar surface area (TPSA) is 53.3 Å². The van der Waals surface area contributed by atoms with Crippen molar-refractivity contribution in [1.82, 2.24) is 4.90 Å². The van der Waals surface area contributed by atoms with Gasteiger partial charge in [0.1, 0.15) is 13.0 Å². The molecule has 1 aromatic rings. The second kappa shape index (κ2) is 7.42. The van der Waals surface area contributed by atoms with E-state index in [1.165, 1.54) is 5.56 Å². The first-order valence-electron chi connectivity index (χ1n) is 5.47. The van der Waals surface area contributed by atoms with Crippen LogP contribution in [0, 0.1) is 11.3 Å². The van der Waals surface area contributed by atoms with Crippen LogP contribution < -0.4 is 0 Å². The zero-order valence-electron chi connectivity index (χ0n) is 9.93. The van der Waals surface area contributed by atoms with Crippen LogP contribution in [0.4, 0.5) is 0 Å². The molecule has 0 saturated carbocycles. The summed E-state index contributed by atoms with van der Waals surface area (Å²) >= 11 is 0. The molecule has 0 fully saturated rings. The van der Waals surface area contributed by atoms with Gasteiger partial charge in [-0.25, -0.2) is 0 Å². The molecule has 0 N–H and O–H groups in total. The number of hydrogen-bond donors (Lipinski definition) is 0. The molecule has 0 aliphatic carbocycles. The maximum atomic E-state index is 10.9. The van der Waals surface area contributed by atoms with E-state index in [1.54, 1.807) is 6.07 Å². The molecular formula is C13H16N2O2. The lowest BCUT2D eigenvalue weighted by Crippen LogP contribution is -2.23. The van der Waals surface area contributed by atoms with Gasteiger partial charge in [-0.3, -0.25) is 9.69 Å². The van der Waals surface area contributed by atoms with Crippen LogP contribution in [0.2, 0.25) is 0 Å². The molecule has 0 aliphatic heterocycles. The minimum Gasteiger partial charge on any atom is -0.464 e. The molecule has 0 heterocycles. The molecular weight excluding hydrogens is 216 g/mol. The molecule has 0 atom stereocenters. The van der Waals surface area contributed by atoms with Gasteiger partial charge in [0.25, 0.3) is 0 Å². The molecule has 1 rings (SSSR count). The standard InChI is InChI=1S/C13H16N2O2/c1-15(9-10-17-13(16)7-8-14)11-12-5-3-2-4-6-12/h2-6H,7,9-11H2,1H3. The summed E-state index contributed by atoms with van der Waals surface area (Å²) in [5.74, 6) is -0.458. The maximum Gasteiger partial charge on any atom is 0.320 e. The highest BCUT2D eigenvalue weighted by Crippen LogP contribution is 2.02. The largest absolute Gasteiger partial charge is 0.464 e. The third kappa shape index (κ3) is 5.69. The van der Waals surface area contributed by atoms with Crippen molar-refractivity contribution >= 4 is 5.97 Å². The summed E-state index contributed by atoms with van der Waals surface area (Å²) in [6.07, 6.45) is -0.178. The molecule has 0 saturated heterocycles. The molecule has 0 aliphatic rings. The summed E-state index contributed by atoms with van der Waals surface area (Å²) in [5.41, 5.74) is 1.22. The molecule has 4 heteroatoms. The van der Waals surface area contributed by atoms with Gasteiger partial charge in [-0.2, -0.15) is 5.26 Å². The van der Waals surface area contributed by atoms with Crippen molar-refractivity contribution in [3.63, 3.8) is 0 Å². The number of nitriles is 1. The van der Waals surface area contributed by atoms with E-state index >= 15 is 0 Å². The van der Waals surface area contributed by atoms with Crippen molar-refractivity contribution in [2.24, 2.45) is 0 Å². The fraction of sp³-hybridized carbons (Fsp3) is 0.385. The van der Waals surface area contributed by atoms with E-state index in [9.17, 15) is 4.79 Å². The van der Waals surface area contributed by atoms with Crippen LogP contribution in [0.1, 0.15) is 12.0 Å². The molecule has 0 aromatic heterocycles. The zero-order valence-corrected chi connectivity index (χ0v) is 9.93. The average Bonchev–Trinajstić information content (AvgIpc) is 2.30. The first kappa shape index (κ1) is 13.2. The number of esters is 1. The number of likely N-dealkylation sites (N-methyl/N-ethyl adjacent to an activating group) is 1. The Labute approximate surface area is 101 Å². The number of hydrogen-bond acceptors (Lipinski definition) is 4. The van der Waals surface area contributed by atoms with E-state index in [0.717, 1.165) is 6.54 Å². The Kier molecular flexibility index (Phi) is 5.76. The van der Waals surface area contributed by atoms with E-state index in [-0.39, 0.29) is 6.42 Å². The van der Waals surface area contributed by atoms with Crippen LogP contribution in [-0.2, 0) is 16.1 Å². The average molecular weight is 232 g/mol. The van der Waals surface area contributed by atoms with Crippen molar-refractivity contribution in [1.29, 1.82) is 5.26 Å². The van der Waals surface area contributed by atoms with E-state index in [4.69, 9.17) is 10.00 Å².